The normalized spacial score (nSPS) is 12.5. The van der Waals surface area contributed by atoms with E-state index in [9.17, 15) is 4.79 Å². The van der Waals surface area contributed by atoms with Crippen molar-refractivity contribution in [2.24, 2.45) is 5.41 Å². The smallest absolute Gasteiger partial charge is 0.138 e. The number of carbonyl (C=O) groups excluding carboxylic acids is 1. The zero-order valence-corrected chi connectivity index (χ0v) is 17.6. The molecule has 0 fully saturated rings. The Balaban J connectivity index is 3.28. The van der Waals surface area contributed by atoms with Gasteiger partial charge in [-0.3, -0.25) is 4.79 Å². The molecule has 0 rings (SSSR count). The number of unbranched alkanes of at least 4 members (excludes halogenated alkanes) is 10. The molecule has 0 saturated carbocycles. The first-order valence-electron chi connectivity index (χ1n) is 10.8. The van der Waals surface area contributed by atoms with Crippen molar-refractivity contribution in [2.75, 3.05) is 0 Å². The van der Waals surface area contributed by atoms with Crippen LogP contribution in [-0.4, -0.2) is 5.78 Å². The molecule has 146 valence electrons. The molecule has 0 spiro atoms. The van der Waals surface area contributed by atoms with Gasteiger partial charge in [-0.1, -0.05) is 96.9 Å². The molecule has 0 aliphatic carbocycles. The second-order valence-corrected chi connectivity index (χ2v) is 8.36. The Labute approximate surface area is 158 Å². The van der Waals surface area contributed by atoms with Crippen LogP contribution in [0.4, 0.5) is 0 Å². The van der Waals surface area contributed by atoms with E-state index >= 15 is 0 Å². The summed E-state index contributed by atoms with van der Waals surface area (Å²) in [7, 11) is 0. The summed E-state index contributed by atoms with van der Waals surface area (Å²) in [5, 5.41) is 0. The summed E-state index contributed by atoms with van der Waals surface area (Å²) in [6, 6.07) is 0. The van der Waals surface area contributed by atoms with Gasteiger partial charge in [0, 0.05) is 11.8 Å². The van der Waals surface area contributed by atoms with Crippen molar-refractivity contribution < 1.29 is 4.79 Å². The number of carbonyl (C=O) groups is 1. The molecular formula is C24H44O. The van der Waals surface area contributed by atoms with Gasteiger partial charge in [-0.25, -0.2) is 0 Å². The molecule has 0 unspecified atom stereocenters. The average molecular weight is 349 g/mol. The van der Waals surface area contributed by atoms with Crippen LogP contribution < -0.4 is 0 Å². The van der Waals surface area contributed by atoms with Crippen molar-refractivity contribution in [3.05, 3.63) is 24.3 Å². The Bertz CT molecular complexity index is 357. The van der Waals surface area contributed by atoms with Crippen LogP contribution in [0, 0.1) is 5.41 Å². The first-order valence-corrected chi connectivity index (χ1v) is 10.8. The Kier molecular flexibility index (Phi) is 16.0. The summed E-state index contributed by atoms with van der Waals surface area (Å²) in [6.45, 7) is 8.32. The molecule has 1 heteroatoms. The second-order valence-electron chi connectivity index (χ2n) is 8.36. The fraction of sp³-hybridized carbons (Fsp3) is 0.792. The van der Waals surface area contributed by atoms with E-state index in [-0.39, 0.29) is 5.41 Å². The quantitative estimate of drug-likeness (QED) is 0.203. The maximum atomic E-state index is 11.8. The van der Waals surface area contributed by atoms with Crippen molar-refractivity contribution in [2.45, 2.75) is 118 Å². The van der Waals surface area contributed by atoms with E-state index < -0.39 is 0 Å². The van der Waals surface area contributed by atoms with Gasteiger partial charge in [-0.2, -0.15) is 0 Å². The van der Waals surface area contributed by atoms with E-state index in [2.05, 4.69) is 31.2 Å². The summed E-state index contributed by atoms with van der Waals surface area (Å²) in [4.78, 5) is 11.8. The van der Waals surface area contributed by atoms with E-state index in [1.54, 1.807) is 0 Å². The summed E-state index contributed by atoms with van der Waals surface area (Å²) < 4.78 is 0. The van der Waals surface area contributed by atoms with E-state index in [0.29, 0.717) is 5.78 Å². The number of Topliss-reactive ketones (excluding diaryl/α,β-unsaturated/α-hetero) is 1. The zero-order chi connectivity index (χ0) is 18.8. The molecule has 0 N–H and O–H groups in total. The molecule has 0 radical (unpaired) electrons. The van der Waals surface area contributed by atoms with Gasteiger partial charge in [-0.15, -0.1) is 0 Å². The second kappa shape index (κ2) is 16.6. The minimum atomic E-state index is -0.154. The predicted octanol–water partition coefficient (Wildman–Crippen LogP) is 8.20. The van der Waals surface area contributed by atoms with E-state index in [4.69, 9.17) is 0 Å². The Morgan fingerprint density at radius 3 is 1.68 bits per heavy atom. The van der Waals surface area contributed by atoms with Gasteiger partial charge in [0.2, 0.25) is 0 Å². The highest BCUT2D eigenvalue weighted by Crippen LogP contribution is 2.19. The summed E-state index contributed by atoms with van der Waals surface area (Å²) in [5.41, 5.74) is -0.154. The maximum Gasteiger partial charge on any atom is 0.138 e. The van der Waals surface area contributed by atoms with Gasteiger partial charge < -0.3 is 0 Å². The largest absolute Gasteiger partial charge is 0.299 e. The van der Waals surface area contributed by atoms with Crippen LogP contribution >= 0.6 is 0 Å². The fourth-order valence-corrected chi connectivity index (χ4v) is 2.83. The Morgan fingerprint density at radius 2 is 1.16 bits per heavy atom. The number of rotatable bonds is 16. The van der Waals surface area contributed by atoms with Crippen molar-refractivity contribution >= 4 is 5.78 Å². The highest BCUT2D eigenvalue weighted by molar-refractivity contribution is 5.83. The number of allylic oxidation sites excluding steroid dienone is 4. The van der Waals surface area contributed by atoms with Crippen LogP contribution in [-0.2, 0) is 4.79 Å². The minimum Gasteiger partial charge on any atom is -0.299 e. The molecule has 0 bridgehead atoms. The van der Waals surface area contributed by atoms with Crippen molar-refractivity contribution in [1.29, 1.82) is 0 Å². The molecule has 25 heavy (non-hydrogen) atoms. The van der Waals surface area contributed by atoms with Crippen LogP contribution in [0.5, 0.6) is 0 Å². The van der Waals surface area contributed by atoms with Gasteiger partial charge in [0.25, 0.3) is 0 Å². The zero-order valence-electron chi connectivity index (χ0n) is 17.6. The fourth-order valence-electron chi connectivity index (χ4n) is 2.83. The molecule has 0 aromatic carbocycles. The van der Waals surface area contributed by atoms with Gasteiger partial charge in [0.1, 0.15) is 5.78 Å². The van der Waals surface area contributed by atoms with Crippen LogP contribution in [0.2, 0.25) is 0 Å². The Morgan fingerprint density at radius 1 is 0.680 bits per heavy atom. The minimum absolute atomic E-state index is 0.154. The van der Waals surface area contributed by atoms with Crippen LogP contribution in [0.1, 0.15) is 118 Å². The van der Waals surface area contributed by atoms with Crippen LogP contribution in [0.15, 0.2) is 24.3 Å². The molecule has 0 aromatic heterocycles. The number of ketones is 1. The summed E-state index contributed by atoms with van der Waals surface area (Å²) >= 11 is 0. The van der Waals surface area contributed by atoms with Crippen LogP contribution in [0.25, 0.3) is 0 Å². The third-order valence-corrected chi connectivity index (χ3v) is 4.69. The lowest BCUT2D eigenvalue weighted by Gasteiger charge is -2.16. The molecule has 0 aliphatic heterocycles. The lowest BCUT2D eigenvalue weighted by Crippen LogP contribution is -2.19. The first kappa shape index (κ1) is 24.1. The van der Waals surface area contributed by atoms with Crippen molar-refractivity contribution in [3.63, 3.8) is 0 Å². The summed E-state index contributed by atoms with van der Waals surface area (Å²) in [6.07, 6.45) is 26.5. The number of hydrogen-bond acceptors (Lipinski definition) is 1. The lowest BCUT2D eigenvalue weighted by molar-refractivity contribution is -0.126. The monoisotopic (exact) mass is 348 g/mol. The molecule has 0 amide bonds. The SMILES string of the molecule is CCCCC/C=C\C/C=C\CCCCCCCCCC(=O)C(C)(C)C. The highest BCUT2D eigenvalue weighted by atomic mass is 16.1. The first-order chi connectivity index (χ1) is 12.0. The van der Waals surface area contributed by atoms with E-state index in [0.717, 1.165) is 19.3 Å². The molecule has 0 aliphatic rings. The number of hydrogen-bond donors (Lipinski definition) is 0. The molecule has 0 saturated heterocycles. The standard InChI is InChI=1S/C24H44O/c1-5-6-7-8-9-10-11-12-13-14-15-16-17-18-19-20-21-22-23(25)24(2,3)4/h9-10,12-13H,5-8,11,14-22H2,1-4H3/b10-9-,13-12-. The topological polar surface area (TPSA) is 17.1 Å². The molecule has 0 atom stereocenters. The van der Waals surface area contributed by atoms with Crippen molar-refractivity contribution in [1.82, 2.24) is 0 Å². The predicted molar refractivity (Wildman–Crippen MR) is 113 cm³/mol. The molecule has 1 nitrogen and oxygen atoms in total. The van der Waals surface area contributed by atoms with Gasteiger partial charge in [0.15, 0.2) is 0 Å². The maximum absolute atomic E-state index is 11.8. The molecular weight excluding hydrogens is 304 g/mol. The van der Waals surface area contributed by atoms with Crippen molar-refractivity contribution in [3.8, 4) is 0 Å². The van der Waals surface area contributed by atoms with Gasteiger partial charge in [0.05, 0.1) is 0 Å². The van der Waals surface area contributed by atoms with E-state index in [1.807, 2.05) is 20.8 Å². The summed E-state index contributed by atoms with van der Waals surface area (Å²) in [5.74, 6) is 0.412. The Hall–Kier alpha value is -0.850. The third-order valence-electron chi connectivity index (χ3n) is 4.69. The lowest BCUT2D eigenvalue weighted by atomic mass is 9.88. The third kappa shape index (κ3) is 17.8. The van der Waals surface area contributed by atoms with Gasteiger partial charge in [-0.05, 0) is 38.5 Å². The average Bonchev–Trinajstić information content (AvgIpc) is 2.56. The van der Waals surface area contributed by atoms with Gasteiger partial charge >= 0.3 is 0 Å². The van der Waals surface area contributed by atoms with E-state index in [1.165, 1.54) is 70.6 Å². The molecule has 0 aromatic rings. The highest BCUT2D eigenvalue weighted by Gasteiger charge is 2.19. The molecule has 0 heterocycles. The van der Waals surface area contributed by atoms with Crippen LogP contribution in [0.3, 0.4) is 0 Å².